The number of anilines is 1. The molecular weight excluding hydrogens is 440 g/mol. The van der Waals surface area contributed by atoms with Gasteiger partial charge in [0.25, 0.3) is 0 Å². The fourth-order valence-electron chi connectivity index (χ4n) is 3.34. The fourth-order valence-corrected chi connectivity index (χ4v) is 3.34. The van der Waals surface area contributed by atoms with Crippen LogP contribution in [0.15, 0.2) is 54.6 Å². The van der Waals surface area contributed by atoms with Crippen molar-refractivity contribution in [2.24, 2.45) is 0 Å². The van der Waals surface area contributed by atoms with Gasteiger partial charge in [-0.15, -0.1) is 0 Å². The lowest BCUT2D eigenvalue weighted by Gasteiger charge is -2.21. The van der Waals surface area contributed by atoms with Crippen molar-refractivity contribution in [3.63, 3.8) is 0 Å². The molecule has 1 aliphatic rings. The van der Waals surface area contributed by atoms with E-state index in [1.165, 1.54) is 6.07 Å². The molecule has 0 aromatic heterocycles. The highest BCUT2D eigenvalue weighted by Crippen LogP contribution is 2.42. The summed E-state index contributed by atoms with van der Waals surface area (Å²) in [5.74, 6) is -0.523. The average molecular weight is 464 g/mol. The summed E-state index contributed by atoms with van der Waals surface area (Å²) in [7, 11) is 0. The maximum absolute atomic E-state index is 12.9. The van der Waals surface area contributed by atoms with Gasteiger partial charge in [-0.1, -0.05) is 42.0 Å². The number of aromatic hydroxyl groups is 1. The summed E-state index contributed by atoms with van der Waals surface area (Å²) in [4.78, 5) is 35.1. The molecule has 1 atom stereocenters. The van der Waals surface area contributed by atoms with Gasteiger partial charge < -0.3 is 31.1 Å². The minimum Gasteiger partial charge on any atom is -0.507 e. The Labute approximate surface area is 195 Å². The highest BCUT2D eigenvalue weighted by atomic mass is 16.5. The molecule has 3 aromatic carbocycles. The van der Waals surface area contributed by atoms with Crippen LogP contribution in [0, 0.1) is 6.92 Å². The number of hydrogen-bond donors (Lipinski definition) is 5. The molecule has 1 unspecified atom stereocenters. The highest BCUT2D eigenvalue weighted by Gasteiger charge is 2.35. The summed E-state index contributed by atoms with van der Waals surface area (Å²) in [5, 5.41) is 29.3. The van der Waals surface area contributed by atoms with Crippen LogP contribution < -0.4 is 15.8 Å². The van der Waals surface area contributed by atoms with Crippen LogP contribution in [0.3, 0.4) is 0 Å². The molecule has 0 bridgehead atoms. The lowest BCUT2D eigenvalue weighted by molar-refractivity contribution is -0.110. The number of benzene rings is 3. The number of carbonyl (C=O) groups is 3. The molecule has 9 heteroatoms. The lowest BCUT2D eigenvalue weighted by Crippen LogP contribution is -2.28. The molecule has 0 saturated carbocycles. The van der Waals surface area contributed by atoms with Gasteiger partial charge in [0, 0.05) is 23.7 Å². The number of hydrogen-bond acceptors (Lipinski definition) is 8. The van der Waals surface area contributed by atoms with E-state index in [1.807, 2.05) is 19.1 Å². The van der Waals surface area contributed by atoms with E-state index in [9.17, 15) is 19.5 Å². The Bertz CT molecular complexity index is 1220. The van der Waals surface area contributed by atoms with E-state index in [-0.39, 0.29) is 52.6 Å². The SMILES string of the molecule is Cc1ccc(Oc2cc(O)c3c(c2N)C(=O)c2ccccc2C3=O)cc1.O=CNCC(O)CO. The number of ketones is 2. The van der Waals surface area contributed by atoms with Crippen molar-refractivity contribution in [1.29, 1.82) is 0 Å². The monoisotopic (exact) mass is 464 g/mol. The molecule has 9 nitrogen and oxygen atoms in total. The zero-order chi connectivity index (χ0) is 24.8. The summed E-state index contributed by atoms with van der Waals surface area (Å²) >= 11 is 0. The van der Waals surface area contributed by atoms with E-state index < -0.39 is 17.7 Å². The topological polar surface area (TPSA) is 159 Å². The van der Waals surface area contributed by atoms with E-state index in [1.54, 1.807) is 36.4 Å². The summed E-state index contributed by atoms with van der Waals surface area (Å²) in [5.41, 5.74) is 7.68. The third-order valence-corrected chi connectivity index (χ3v) is 5.08. The van der Waals surface area contributed by atoms with Crippen LogP contribution in [0.1, 0.15) is 37.4 Å². The molecule has 34 heavy (non-hydrogen) atoms. The minimum absolute atomic E-state index is 0.0178. The van der Waals surface area contributed by atoms with Crippen LogP contribution in [0.5, 0.6) is 17.2 Å². The lowest BCUT2D eigenvalue weighted by atomic mass is 9.82. The summed E-state index contributed by atoms with van der Waals surface area (Å²) < 4.78 is 5.73. The van der Waals surface area contributed by atoms with Crippen molar-refractivity contribution < 1.29 is 34.4 Å². The Hall–Kier alpha value is -4.21. The smallest absolute Gasteiger partial charge is 0.207 e. The first-order chi connectivity index (χ1) is 16.3. The number of phenolic OH excluding ortho intramolecular Hbond substituents is 1. The molecule has 0 aliphatic heterocycles. The Morgan fingerprint density at radius 2 is 1.62 bits per heavy atom. The quantitative estimate of drug-likeness (QED) is 0.164. The van der Waals surface area contributed by atoms with Crippen molar-refractivity contribution in [1.82, 2.24) is 5.32 Å². The van der Waals surface area contributed by atoms with Crippen molar-refractivity contribution in [2.45, 2.75) is 13.0 Å². The molecule has 0 heterocycles. The Kier molecular flexibility index (Phi) is 7.62. The van der Waals surface area contributed by atoms with Gasteiger partial charge in [-0.3, -0.25) is 14.4 Å². The average Bonchev–Trinajstić information content (AvgIpc) is 2.84. The second-order valence-electron chi connectivity index (χ2n) is 7.54. The fraction of sp³-hybridized carbons (Fsp3) is 0.160. The van der Waals surface area contributed by atoms with Crippen molar-refractivity contribution in [3.05, 3.63) is 82.4 Å². The van der Waals surface area contributed by atoms with E-state index in [4.69, 9.17) is 20.7 Å². The van der Waals surface area contributed by atoms with Crippen molar-refractivity contribution >= 4 is 23.7 Å². The second kappa shape index (κ2) is 10.6. The molecule has 0 fully saturated rings. The first-order valence-electron chi connectivity index (χ1n) is 10.3. The summed E-state index contributed by atoms with van der Waals surface area (Å²) in [6, 6.07) is 15.0. The number of rotatable bonds is 6. The van der Waals surface area contributed by atoms with Crippen LogP contribution >= 0.6 is 0 Å². The number of carbonyl (C=O) groups excluding carboxylic acids is 3. The minimum atomic E-state index is -0.833. The zero-order valence-electron chi connectivity index (χ0n) is 18.3. The number of aliphatic hydroxyl groups is 2. The molecule has 4 rings (SSSR count). The van der Waals surface area contributed by atoms with Crippen LogP contribution in [0.4, 0.5) is 5.69 Å². The Morgan fingerprint density at radius 3 is 2.18 bits per heavy atom. The van der Waals surface area contributed by atoms with Crippen LogP contribution in [0.2, 0.25) is 0 Å². The molecule has 176 valence electrons. The number of nitrogens with one attached hydrogen (secondary N) is 1. The number of aryl methyl sites for hydroxylation is 1. The maximum Gasteiger partial charge on any atom is 0.207 e. The summed E-state index contributed by atoms with van der Waals surface area (Å²) in [6.07, 6.45) is -0.362. The largest absolute Gasteiger partial charge is 0.507 e. The second-order valence-corrected chi connectivity index (χ2v) is 7.54. The molecule has 6 N–H and O–H groups in total. The van der Waals surface area contributed by atoms with E-state index in [0.717, 1.165) is 5.56 Å². The third-order valence-electron chi connectivity index (χ3n) is 5.08. The van der Waals surface area contributed by atoms with Gasteiger partial charge in [0.2, 0.25) is 6.41 Å². The van der Waals surface area contributed by atoms with Gasteiger partial charge in [0.15, 0.2) is 17.3 Å². The number of phenols is 1. The Balaban J connectivity index is 0.000000350. The van der Waals surface area contributed by atoms with Crippen molar-refractivity contribution in [2.75, 3.05) is 18.9 Å². The van der Waals surface area contributed by atoms with Crippen LogP contribution in [-0.4, -0.2) is 52.6 Å². The van der Waals surface area contributed by atoms with E-state index in [2.05, 4.69) is 5.32 Å². The predicted octanol–water partition coefficient (Wildman–Crippen LogP) is 1.94. The Morgan fingerprint density at radius 1 is 1.03 bits per heavy atom. The molecule has 0 spiro atoms. The van der Waals surface area contributed by atoms with Gasteiger partial charge in [0.05, 0.1) is 29.5 Å². The maximum atomic E-state index is 12.9. The predicted molar refractivity (Wildman–Crippen MR) is 124 cm³/mol. The van der Waals surface area contributed by atoms with E-state index in [0.29, 0.717) is 12.2 Å². The number of amides is 1. The normalized spacial score (nSPS) is 12.6. The van der Waals surface area contributed by atoms with Gasteiger partial charge >= 0.3 is 0 Å². The zero-order valence-corrected chi connectivity index (χ0v) is 18.3. The van der Waals surface area contributed by atoms with Gasteiger partial charge in [-0.05, 0) is 19.1 Å². The van der Waals surface area contributed by atoms with Gasteiger partial charge in [-0.2, -0.15) is 0 Å². The highest BCUT2D eigenvalue weighted by molar-refractivity contribution is 6.31. The number of nitrogen functional groups attached to an aromatic ring is 1. The number of aliphatic hydroxyl groups excluding tert-OH is 2. The first kappa shape index (κ1) is 24.4. The molecule has 0 saturated heterocycles. The number of nitrogens with two attached hydrogens (primary N) is 1. The van der Waals surface area contributed by atoms with Gasteiger partial charge in [-0.25, -0.2) is 0 Å². The van der Waals surface area contributed by atoms with Crippen LogP contribution in [-0.2, 0) is 4.79 Å². The molecule has 1 aliphatic carbocycles. The van der Waals surface area contributed by atoms with Crippen LogP contribution in [0.25, 0.3) is 0 Å². The number of ether oxygens (including phenoxy) is 1. The van der Waals surface area contributed by atoms with Gasteiger partial charge in [0.1, 0.15) is 11.5 Å². The summed E-state index contributed by atoms with van der Waals surface area (Å²) in [6.45, 7) is 1.74. The molecule has 0 radical (unpaired) electrons. The van der Waals surface area contributed by atoms with E-state index >= 15 is 0 Å². The molecule has 3 aromatic rings. The number of fused-ring (bicyclic) bond motifs is 2. The standard InChI is InChI=1S/C21H15NO4.C4H9NO3/c1-11-6-8-12(9-7-11)26-16-10-15(23)17-18(19(16)22)21(25)14-5-3-2-4-13(14)20(17)24;6-2-4(8)1-5-3-7/h2-10,23H,22H2,1H3;3-4,6,8H,1-2H2,(H,5,7). The molecular formula is C25H24N2O7. The van der Waals surface area contributed by atoms with Crippen molar-refractivity contribution in [3.8, 4) is 17.2 Å². The third kappa shape index (κ3) is 5.06. The molecule has 1 amide bonds. The first-order valence-corrected chi connectivity index (χ1v) is 10.3.